The average molecular weight is 276 g/mol. The molecular formula is C16H24N2O2. The van der Waals surface area contributed by atoms with Crippen LogP contribution in [0.5, 0.6) is 5.75 Å². The zero-order valence-corrected chi connectivity index (χ0v) is 12.3. The van der Waals surface area contributed by atoms with Crippen LogP contribution in [0.4, 0.5) is 0 Å². The molecule has 2 N–H and O–H groups in total. The van der Waals surface area contributed by atoms with Crippen LogP contribution in [0.25, 0.3) is 0 Å². The fraction of sp³-hybridized carbons (Fsp3) is 0.562. The van der Waals surface area contributed by atoms with Crippen molar-refractivity contribution in [2.24, 2.45) is 0 Å². The van der Waals surface area contributed by atoms with Gasteiger partial charge in [-0.1, -0.05) is 19.1 Å². The summed E-state index contributed by atoms with van der Waals surface area (Å²) in [5.41, 5.74) is 1.24. The molecule has 2 rings (SSSR count). The minimum absolute atomic E-state index is 0.0879. The molecule has 20 heavy (non-hydrogen) atoms. The van der Waals surface area contributed by atoms with Crippen molar-refractivity contribution in [1.29, 1.82) is 0 Å². The lowest BCUT2D eigenvalue weighted by molar-refractivity contribution is -0.121. The third-order valence-corrected chi connectivity index (χ3v) is 3.43. The second-order valence-corrected chi connectivity index (χ2v) is 5.29. The Morgan fingerprint density at radius 1 is 1.35 bits per heavy atom. The smallest absolute Gasteiger partial charge is 0.223 e. The molecule has 1 fully saturated rings. The quantitative estimate of drug-likeness (QED) is 0.766. The summed E-state index contributed by atoms with van der Waals surface area (Å²) in [4.78, 5) is 11.5. The summed E-state index contributed by atoms with van der Waals surface area (Å²) in [5, 5.41) is 6.32. The lowest BCUT2D eigenvalue weighted by atomic mass is 10.1. The molecule has 1 saturated carbocycles. The zero-order valence-electron chi connectivity index (χ0n) is 12.3. The van der Waals surface area contributed by atoms with Crippen LogP contribution in [0.15, 0.2) is 24.3 Å². The van der Waals surface area contributed by atoms with Gasteiger partial charge in [0, 0.05) is 12.1 Å². The van der Waals surface area contributed by atoms with Gasteiger partial charge >= 0.3 is 0 Å². The molecule has 4 nitrogen and oxygen atoms in total. The van der Waals surface area contributed by atoms with Crippen molar-refractivity contribution in [3.05, 3.63) is 29.8 Å². The van der Waals surface area contributed by atoms with E-state index in [9.17, 15) is 4.79 Å². The Morgan fingerprint density at radius 3 is 2.65 bits per heavy atom. The summed E-state index contributed by atoms with van der Waals surface area (Å²) in [6, 6.07) is 8.82. The maximum Gasteiger partial charge on any atom is 0.223 e. The summed E-state index contributed by atoms with van der Waals surface area (Å²) in [6.45, 7) is 5.62. The molecule has 0 heterocycles. The summed E-state index contributed by atoms with van der Waals surface area (Å²) >= 11 is 0. The molecule has 1 aromatic carbocycles. The second-order valence-electron chi connectivity index (χ2n) is 5.29. The molecule has 1 unspecified atom stereocenters. The van der Waals surface area contributed by atoms with Gasteiger partial charge in [0.05, 0.1) is 13.0 Å². The van der Waals surface area contributed by atoms with E-state index in [1.54, 1.807) is 0 Å². The lowest BCUT2D eigenvalue weighted by Gasteiger charge is -2.13. The van der Waals surface area contributed by atoms with E-state index in [0.29, 0.717) is 25.1 Å². The molecular weight excluding hydrogens is 252 g/mol. The Balaban J connectivity index is 1.71. The molecule has 0 aliphatic heterocycles. The molecule has 1 aromatic rings. The van der Waals surface area contributed by atoms with Crippen molar-refractivity contribution in [1.82, 2.24) is 10.6 Å². The van der Waals surface area contributed by atoms with Gasteiger partial charge in [-0.3, -0.25) is 4.79 Å². The number of carbonyl (C=O) groups is 1. The van der Waals surface area contributed by atoms with E-state index in [4.69, 9.17) is 4.74 Å². The molecule has 1 aliphatic rings. The minimum atomic E-state index is 0.0879. The first kappa shape index (κ1) is 14.9. The topological polar surface area (TPSA) is 50.4 Å². The monoisotopic (exact) mass is 276 g/mol. The van der Waals surface area contributed by atoms with E-state index in [2.05, 4.69) is 36.6 Å². The van der Waals surface area contributed by atoms with Crippen LogP contribution in [0.2, 0.25) is 0 Å². The SMILES string of the molecule is CCNC(C)c1ccc(OCCC(=O)NC2CC2)cc1. The predicted octanol–water partition coefficient (Wildman–Crippen LogP) is 2.40. The molecule has 0 saturated heterocycles. The van der Waals surface area contributed by atoms with Crippen molar-refractivity contribution in [3.63, 3.8) is 0 Å². The van der Waals surface area contributed by atoms with Crippen molar-refractivity contribution in [3.8, 4) is 5.75 Å². The summed E-state index contributed by atoms with van der Waals surface area (Å²) in [7, 11) is 0. The molecule has 4 heteroatoms. The summed E-state index contributed by atoms with van der Waals surface area (Å²) < 4.78 is 5.59. The first-order valence-corrected chi connectivity index (χ1v) is 7.44. The normalized spacial score (nSPS) is 15.7. The molecule has 0 spiro atoms. The van der Waals surface area contributed by atoms with E-state index in [0.717, 1.165) is 25.1 Å². The third kappa shape index (κ3) is 4.85. The highest BCUT2D eigenvalue weighted by atomic mass is 16.5. The van der Waals surface area contributed by atoms with Crippen molar-refractivity contribution < 1.29 is 9.53 Å². The maximum atomic E-state index is 11.5. The zero-order chi connectivity index (χ0) is 14.4. The Hall–Kier alpha value is -1.55. The number of nitrogens with one attached hydrogen (secondary N) is 2. The van der Waals surface area contributed by atoms with Crippen LogP contribution in [0.1, 0.15) is 44.7 Å². The van der Waals surface area contributed by atoms with Crippen LogP contribution in [-0.4, -0.2) is 25.1 Å². The fourth-order valence-corrected chi connectivity index (χ4v) is 2.07. The van der Waals surface area contributed by atoms with Crippen LogP contribution in [0.3, 0.4) is 0 Å². The second kappa shape index (κ2) is 7.29. The van der Waals surface area contributed by atoms with Crippen LogP contribution >= 0.6 is 0 Å². The molecule has 0 radical (unpaired) electrons. The fourth-order valence-electron chi connectivity index (χ4n) is 2.07. The number of benzene rings is 1. The molecule has 0 bridgehead atoms. The number of ether oxygens (including phenoxy) is 1. The Bertz CT molecular complexity index is 427. The van der Waals surface area contributed by atoms with Gasteiger partial charge in [0.15, 0.2) is 0 Å². The van der Waals surface area contributed by atoms with Crippen LogP contribution in [-0.2, 0) is 4.79 Å². The van der Waals surface area contributed by atoms with E-state index in [1.807, 2.05) is 12.1 Å². The summed E-state index contributed by atoms with van der Waals surface area (Å²) in [5.74, 6) is 0.904. The van der Waals surface area contributed by atoms with Gasteiger partial charge < -0.3 is 15.4 Å². The molecule has 1 aliphatic carbocycles. The molecule has 1 atom stereocenters. The van der Waals surface area contributed by atoms with Gasteiger partial charge in [-0.05, 0) is 44.0 Å². The number of carbonyl (C=O) groups excluding carboxylic acids is 1. The largest absolute Gasteiger partial charge is 0.493 e. The van der Waals surface area contributed by atoms with Crippen molar-refractivity contribution in [2.75, 3.05) is 13.2 Å². The first-order valence-electron chi connectivity index (χ1n) is 7.44. The maximum absolute atomic E-state index is 11.5. The first-order chi connectivity index (χ1) is 9.69. The number of hydrogen-bond acceptors (Lipinski definition) is 3. The van der Waals surface area contributed by atoms with Gasteiger partial charge in [-0.25, -0.2) is 0 Å². The van der Waals surface area contributed by atoms with Gasteiger partial charge in [-0.2, -0.15) is 0 Å². The van der Waals surface area contributed by atoms with Gasteiger partial charge in [0.1, 0.15) is 5.75 Å². The van der Waals surface area contributed by atoms with E-state index in [1.165, 1.54) is 5.56 Å². The van der Waals surface area contributed by atoms with Crippen molar-refractivity contribution in [2.45, 2.75) is 45.2 Å². The highest BCUT2D eigenvalue weighted by Gasteiger charge is 2.22. The number of hydrogen-bond donors (Lipinski definition) is 2. The Labute approximate surface area is 120 Å². The van der Waals surface area contributed by atoms with Crippen molar-refractivity contribution >= 4 is 5.91 Å². The lowest BCUT2D eigenvalue weighted by Crippen LogP contribution is -2.26. The predicted molar refractivity (Wildman–Crippen MR) is 79.8 cm³/mol. The molecule has 1 amide bonds. The van der Waals surface area contributed by atoms with Crippen LogP contribution < -0.4 is 15.4 Å². The van der Waals surface area contributed by atoms with Gasteiger partial charge in [0.2, 0.25) is 5.91 Å². The standard InChI is InChI=1S/C16H24N2O2/c1-3-17-12(2)13-4-8-15(9-5-13)20-11-10-16(19)18-14-6-7-14/h4-5,8-9,12,14,17H,3,6-7,10-11H2,1-2H3,(H,18,19). The molecule has 0 aromatic heterocycles. The van der Waals surface area contributed by atoms with Gasteiger partial charge in [0.25, 0.3) is 0 Å². The minimum Gasteiger partial charge on any atom is -0.493 e. The van der Waals surface area contributed by atoms with Crippen LogP contribution in [0, 0.1) is 0 Å². The highest BCUT2D eigenvalue weighted by molar-refractivity contribution is 5.76. The molecule has 110 valence electrons. The Kier molecular flexibility index (Phi) is 5.41. The highest BCUT2D eigenvalue weighted by Crippen LogP contribution is 2.19. The number of rotatable bonds is 8. The van der Waals surface area contributed by atoms with E-state index < -0.39 is 0 Å². The van der Waals surface area contributed by atoms with E-state index >= 15 is 0 Å². The number of amides is 1. The average Bonchev–Trinajstić information content (AvgIpc) is 3.23. The van der Waals surface area contributed by atoms with Gasteiger partial charge in [-0.15, -0.1) is 0 Å². The summed E-state index contributed by atoms with van der Waals surface area (Å²) in [6.07, 6.45) is 2.67. The third-order valence-electron chi connectivity index (χ3n) is 3.43. The van der Waals surface area contributed by atoms with E-state index in [-0.39, 0.29) is 5.91 Å². The Morgan fingerprint density at radius 2 is 2.05 bits per heavy atom.